The van der Waals surface area contributed by atoms with E-state index < -0.39 is 0 Å². The molecule has 0 saturated carbocycles. The molecule has 0 spiro atoms. The fourth-order valence-corrected chi connectivity index (χ4v) is 0.874. The van der Waals surface area contributed by atoms with Crippen LogP contribution >= 0.6 is 0 Å². The predicted octanol–water partition coefficient (Wildman–Crippen LogP) is -0.589. The molecule has 0 saturated heterocycles. The smallest absolute Gasteiger partial charge is 0.285 e. The van der Waals surface area contributed by atoms with Gasteiger partial charge in [0.15, 0.2) is 0 Å². The molecule has 0 bridgehead atoms. The van der Waals surface area contributed by atoms with Gasteiger partial charge in [0.25, 0.3) is 0 Å². The van der Waals surface area contributed by atoms with Gasteiger partial charge in [0.1, 0.15) is 6.54 Å². The van der Waals surface area contributed by atoms with Gasteiger partial charge in [0.05, 0.1) is 20.6 Å². The van der Waals surface area contributed by atoms with E-state index in [0.29, 0.717) is 10.4 Å². The lowest BCUT2D eigenvalue weighted by molar-refractivity contribution is -0.795. The summed E-state index contributed by atoms with van der Waals surface area (Å²) in [5.41, 5.74) is 2.08. The van der Waals surface area contributed by atoms with Crippen molar-refractivity contribution in [2.45, 2.75) is 0 Å². The zero-order valence-electron chi connectivity index (χ0n) is 5.76. The molecule has 0 aliphatic carbocycles. The van der Waals surface area contributed by atoms with Crippen molar-refractivity contribution in [3.63, 3.8) is 0 Å². The summed E-state index contributed by atoms with van der Waals surface area (Å²) in [4.78, 5) is 4.03. The van der Waals surface area contributed by atoms with E-state index in [9.17, 15) is 0 Å². The first-order valence-electron chi connectivity index (χ1n) is 2.95. The SMILES string of the molecule is C[N+]1(C)CCN=C1NO. The van der Waals surface area contributed by atoms with Gasteiger partial charge in [0, 0.05) is 0 Å². The summed E-state index contributed by atoms with van der Waals surface area (Å²) in [5, 5.41) is 8.51. The Kier molecular flexibility index (Phi) is 1.42. The highest BCUT2D eigenvalue weighted by atomic mass is 16.5. The second-order valence-corrected chi connectivity index (χ2v) is 2.73. The summed E-state index contributed by atoms with van der Waals surface area (Å²) in [6.07, 6.45) is 0. The number of guanidine groups is 1. The molecular weight excluding hydrogens is 118 g/mol. The quantitative estimate of drug-likeness (QED) is 0.340. The number of rotatable bonds is 0. The molecule has 4 heteroatoms. The Hall–Kier alpha value is -0.610. The summed E-state index contributed by atoms with van der Waals surface area (Å²) >= 11 is 0. The summed E-state index contributed by atoms with van der Waals surface area (Å²) in [6, 6.07) is 0. The molecule has 1 rings (SSSR count). The molecule has 9 heavy (non-hydrogen) atoms. The van der Waals surface area contributed by atoms with Crippen molar-refractivity contribution in [1.82, 2.24) is 5.48 Å². The zero-order valence-corrected chi connectivity index (χ0v) is 5.76. The van der Waals surface area contributed by atoms with Gasteiger partial charge in [-0.2, -0.15) is 0 Å². The minimum atomic E-state index is 0.648. The van der Waals surface area contributed by atoms with E-state index in [0.717, 1.165) is 13.1 Å². The Bertz CT molecular complexity index is 141. The van der Waals surface area contributed by atoms with Crippen LogP contribution in [0.15, 0.2) is 4.99 Å². The number of aliphatic imine (C=N–C) groups is 1. The van der Waals surface area contributed by atoms with E-state index in [1.54, 1.807) is 0 Å². The molecule has 0 aromatic carbocycles. The second-order valence-electron chi connectivity index (χ2n) is 2.73. The van der Waals surface area contributed by atoms with E-state index in [4.69, 9.17) is 5.21 Å². The third-order valence-electron chi connectivity index (χ3n) is 1.59. The highest BCUT2D eigenvalue weighted by Gasteiger charge is 2.28. The molecule has 0 aromatic rings. The minimum Gasteiger partial charge on any atom is -0.285 e. The fourth-order valence-electron chi connectivity index (χ4n) is 0.874. The standard InChI is InChI=1S/C5H12N3O/c1-8(2)4-3-6-5(8)7-9/h9H,3-4H2,1-2H3,(H,6,7)/q+1. The maximum absolute atomic E-state index is 8.51. The van der Waals surface area contributed by atoms with Crippen LogP contribution in [0.3, 0.4) is 0 Å². The lowest BCUT2D eigenvalue weighted by Crippen LogP contribution is -2.48. The van der Waals surface area contributed by atoms with E-state index >= 15 is 0 Å². The Morgan fingerprint density at radius 3 is 2.56 bits per heavy atom. The van der Waals surface area contributed by atoms with Crippen LogP contribution in [0.25, 0.3) is 0 Å². The van der Waals surface area contributed by atoms with Crippen molar-refractivity contribution in [3.8, 4) is 0 Å². The van der Waals surface area contributed by atoms with Crippen molar-refractivity contribution >= 4 is 5.96 Å². The Morgan fingerprint density at radius 2 is 2.33 bits per heavy atom. The predicted molar refractivity (Wildman–Crippen MR) is 34.2 cm³/mol. The average molecular weight is 130 g/mol. The van der Waals surface area contributed by atoms with Gasteiger partial charge in [-0.05, 0) is 0 Å². The lowest BCUT2D eigenvalue weighted by Gasteiger charge is -2.22. The zero-order chi connectivity index (χ0) is 6.91. The van der Waals surface area contributed by atoms with Crippen LogP contribution in [0.2, 0.25) is 0 Å². The van der Waals surface area contributed by atoms with Crippen molar-refractivity contribution in [3.05, 3.63) is 0 Å². The molecule has 0 radical (unpaired) electrons. The molecule has 2 N–H and O–H groups in total. The molecule has 0 atom stereocenters. The summed E-state index contributed by atoms with van der Waals surface area (Å²) in [5.74, 6) is 0.648. The summed E-state index contributed by atoms with van der Waals surface area (Å²) < 4.78 is 0.649. The van der Waals surface area contributed by atoms with Crippen LogP contribution in [0.5, 0.6) is 0 Å². The topological polar surface area (TPSA) is 44.6 Å². The van der Waals surface area contributed by atoms with Gasteiger partial charge in [0.2, 0.25) is 0 Å². The van der Waals surface area contributed by atoms with Crippen LogP contribution in [0.4, 0.5) is 0 Å². The highest BCUT2D eigenvalue weighted by Crippen LogP contribution is 2.04. The summed E-state index contributed by atoms with van der Waals surface area (Å²) in [6.45, 7) is 1.76. The van der Waals surface area contributed by atoms with Crippen LogP contribution in [0, 0.1) is 0 Å². The average Bonchev–Trinajstić information content (AvgIpc) is 2.08. The molecule has 0 unspecified atom stereocenters. The normalized spacial score (nSPS) is 23.7. The van der Waals surface area contributed by atoms with Crippen LogP contribution in [-0.2, 0) is 0 Å². The minimum absolute atomic E-state index is 0.648. The third-order valence-corrected chi connectivity index (χ3v) is 1.59. The van der Waals surface area contributed by atoms with Crippen molar-refractivity contribution in [1.29, 1.82) is 0 Å². The fraction of sp³-hybridized carbons (Fsp3) is 0.800. The van der Waals surface area contributed by atoms with Gasteiger partial charge in [-0.3, -0.25) is 9.69 Å². The largest absolute Gasteiger partial charge is 0.321 e. The lowest BCUT2D eigenvalue weighted by atomic mass is 10.5. The molecule has 1 aliphatic rings. The number of hydroxylamine groups is 1. The van der Waals surface area contributed by atoms with Crippen molar-refractivity contribution < 1.29 is 9.69 Å². The number of nitrogens with one attached hydrogen (secondary N) is 1. The number of hydrogen-bond donors (Lipinski definition) is 2. The Balaban J connectivity index is 2.69. The summed E-state index contributed by atoms with van der Waals surface area (Å²) in [7, 11) is 3.99. The van der Waals surface area contributed by atoms with Crippen molar-refractivity contribution in [2.75, 3.05) is 27.2 Å². The van der Waals surface area contributed by atoms with Gasteiger partial charge in [-0.15, -0.1) is 0 Å². The van der Waals surface area contributed by atoms with E-state index in [1.165, 1.54) is 0 Å². The molecule has 4 nitrogen and oxygen atoms in total. The molecule has 0 fully saturated rings. The number of nitrogens with zero attached hydrogens (tertiary/aromatic N) is 2. The van der Waals surface area contributed by atoms with Gasteiger partial charge in [-0.25, -0.2) is 10.5 Å². The van der Waals surface area contributed by atoms with Gasteiger partial charge < -0.3 is 0 Å². The molecule has 1 heterocycles. The van der Waals surface area contributed by atoms with E-state index in [-0.39, 0.29) is 0 Å². The first-order valence-corrected chi connectivity index (χ1v) is 2.95. The molecular formula is C5H12N3O+. The van der Waals surface area contributed by atoms with E-state index in [1.807, 2.05) is 14.1 Å². The number of quaternary nitrogens is 1. The molecule has 52 valence electrons. The second kappa shape index (κ2) is 1.97. The van der Waals surface area contributed by atoms with Crippen LogP contribution in [-0.4, -0.2) is 42.8 Å². The van der Waals surface area contributed by atoms with Gasteiger partial charge >= 0.3 is 5.96 Å². The third kappa shape index (κ3) is 1.04. The van der Waals surface area contributed by atoms with Gasteiger partial charge in [-0.1, -0.05) is 0 Å². The first-order chi connectivity index (χ1) is 4.17. The molecule has 0 aromatic heterocycles. The maximum atomic E-state index is 8.51. The Labute approximate surface area is 54.4 Å². The number of hydrogen-bond acceptors (Lipinski definition) is 3. The molecule has 0 amide bonds. The van der Waals surface area contributed by atoms with Crippen LogP contribution in [0.1, 0.15) is 0 Å². The van der Waals surface area contributed by atoms with Crippen molar-refractivity contribution in [2.24, 2.45) is 4.99 Å². The highest BCUT2D eigenvalue weighted by molar-refractivity contribution is 5.72. The Morgan fingerprint density at radius 1 is 1.67 bits per heavy atom. The number of likely N-dealkylation sites (N-methyl/N-ethyl adjacent to an activating group) is 1. The molecule has 1 aliphatic heterocycles. The first kappa shape index (κ1) is 6.51. The monoisotopic (exact) mass is 130 g/mol. The van der Waals surface area contributed by atoms with Crippen LogP contribution < -0.4 is 5.48 Å². The van der Waals surface area contributed by atoms with E-state index in [2.05, 4.69) is 10.5 Å². The maximum Gasteiger partial charge on any atom is 0.321 e.